The molecule has 0 spiro atoms. The Morgan fingerprint density at radius 1 is 1.11 bits per heavy atom. The Morgan fingerprint density at radius 2 is 1.80 bits per heavy atom. The number of anilines is 1. The first-order valence-corrected chi connectivity index (χ1v) is 13.5. The first kappa shape index (κ1) is 26.6. The monoisotopic (exact) mass is 523 g/mol. The molecule has 2 amide bonds. The molecule has 11 heteroatoms. The van der Waals surface area contributed by atoms with Crippen molar-refractivity contribution in [3.8, 4) is 11.5 Å². The fourth-order valence-corrected chi connectivity index (χ4v) is 4.95. The van der Waals surface area contributed by atoms with E-state index in [2.05, 4.69) is 5.32 Å². The summed E-state index contributed by atoms with van der Waals surface area (Å²) < 4.78 is 37.3. The summed E-state index contributed by atoms with van der Waals surface area (Å²) in [5, 5.41) is 3.06. The number of nitrogens with one attached hydrogen (secondary N) is 1. The summed E-state index contributed by atoms with van der Waals surface area (Å²) in [5.74, 6) is 0.446. The van der Waals surface area contributed by atoms with E-state index < -0.39 is 16.1 Å². The molecule has 3 rings (SSSR count). The van der Waals surface area contributed by atoms with Crippen molar-refractivity contribution in [1.29, 1.82) is 0 Å². The first-order chi connectivity index (χ1) is 16.6. The van der Waals surface area contributed by atoms with Gasteiger partial charge in [-0.2, -0.15) is 0 Å². The molecule has 1 aliphatic heterocycles. The zero-order valence-electron chi connectivity index (χ0n) is 20.0. The van der Waals surface area contributed by atoms with Gasteiger partial charge in [-0.3, -0.25) is 13.9 Å². The molecule has 9 nitrogen and oxygen atoms in total. The number of hydrogen-bond donors (Lipinski definition) is 1. The Morgan fingerprint density at radius 3 is 2.46 bits per heavy atom. The number of halogens is 1. The topological polar surface area (TPSA) is 105 Å². The number of likely N-dealkylation sites (N-methyl/N-ethyl adjacent to an activating group) is 1. The van der Waals surface area contributed by atoms with E-state index in [1.165, 1.54) is 16.3 Å². The zero-order valence-corrected chi connectivity index (χ0v) is 21.6. The highest BCUT2D eigenvalue weighted by Gasteiger charge is 2.27. The van der Waals surface area contributed by atoms with Crippen LogP contribution >= 0.6 is 11.6 Å². The van der Waals surface area contributed by atoms with Crippen molar-refractivity contribution in [2.45, 2.75) is 32.4 Å². The number of carbonyl (C=O) groups excluding carboxylic acids is 2. The number of rotatable bonds is 10. The average Bonchev–Trinajstić information content (AvgIpc) is 2.84. The minimum Gasteiger partial charge on any atom is -0.486 e. The molecule has 1 atom stereocenters. The second-order valence-corrected chi connectivity index (χ2v) is 10.5. The van der Waals surface area contributed by atoms with Crippen molar-refractivity contribution in [3.05, 3.63) is 53.1 Å². The molecule has 0 fully saturated rings. The summed E-state index contributed by atoms with van der Waals surface area (Å²) in [6.07, 6.45) is 1.41. The van der Waals surface area contributed by atoms with Crippen molar-refractivity contribution in [2.24, 2.45) is 0 Å². The number of benzene rings is 2. The van der Waals surface area contributed by atoms with E-state index in [-0.39, 0.29) is 37.7 Å². The summed E-state index contributed by atoms with van der Waals surface area (Å²) in [7, 11) is -2.11. The standard InChI is InChI=1S/C24H30ClN3O6S/c1-17(24(30)26-2)27(16-18-7-4-5-8-20(18)25)23(29)9-6-12-28(35(3,31)32)19-10-11-21-22(15-19)34-14-13-33-21/h4-5,7-8,10-11,15,17H,6,9,12-14,16H2,1-3H3,(H,26,30)/t17-/m1/s1. The van der Waals surface area contributed by atoms with Crippen LogP contribution in [-0.4, -0.2) is 64.2 Å². The van der Waals surface area contributed by atoms with Gasteiger partial charge in [0.25, 0.3) is 0 Å². The van der Waals surface area contributed by atoms with Gasteiger partial charge < -0.3 is 19.7 Å². The van der Waals surface area contributed by atoms with Crippen molar-refractivity contribution in [3.63, 3.8) is 0 Å². The summed E-state index contributed by atoms with van der Waals surface area (Å²) >= 11 is 6.27. The predicted molar refractivity (Wildman–Crippen MR) is 134 cm³/mol. The third kappa shape index (κ3) is 6.79. The van der Waals surface area contributed by atoms with Crippen LogP contribution in [0.4, 0.5) is 5.69 Å². The van der Waals surface area contributed by atoms with Gasteiger partial charge in [0.05, 0.1) is 11.9 Å². The first-order valence-electron chi connectivity index (χ1n) is 11.2. The smallest absolute Gasteiger partial charge is 0.242 e. The largest absolute Gasteiger partial charge is 0.486 e. The van der Waals surface area contributed by atoms with Gasteiger partial charge in [-0.1, -0.05) is 29.8 Å². The van der Waals surface area contributed by atoms with E-state index in [9.17, 15) is 18.0 Å². The van der Waals surface area contributed by atoms with Gasteiger partial charge in [-0.25, -0.2) is 8.42 Å². The Balaban J connectivity index is 1.73. The molecule has 0 saturated heterocycles. The summed E-state index contributed by atoms with van der Waals surface area (Å²) in [6, 6.07) is 11.3. The molecule has 2 aromatic carbocycles. The number of sulfonamides is 1. The van der Waals surface area contributed by atoms with E-state index in [0.29, 0.717) is 41.0 Å². The summed E-state index contributed by atoms with van der Waals surface area (Å²) in [5.41, 5.74) is 1.14. The van der Waals surface area contributed by atoms with Gasteiger partial charge in [-0.05, 0) is 37.1 Å². The van der Waals surface area contributed by atoms with Crippen molar-refractivity contribution in [2.75, 3.05) is 37.4 Å². The number of carbonyl (C=O) groups is 2. The van der Waals surface area contributed by atoms with E-state index in [1.807, 2.05) is 6.07 Å². The van der Waals surface area contributed by atoms with Gasteiger partial charge in [0.15, 0.2) is 11.5 Å². The Hall–Kier alpha value is -2.98. The quantitative estimate of drug-likeness (QED) is 0.513. The molecule has 0 saturated carbocycles. The fourth-order valence-electron chi connectivity index (χ4n) is 3.79. The number of fused-ring (bicyclic) bond motifs is 1. The highest BCUT2D eigenvalue weighted by atomic mass is 35.5. The maximum absolute atomic E-state index is 13.2. The van der Waals surface area contributed by atoms with Crippen LogP contribution in [-0.2, 0) is 26.2 Å². The van der Waals surface area contributed by atoms with Gasteiger partial charge >= 0.3 is 0 Å². The summed E-state index contributed by atoms with van der Waals surface area (Å²) in [6.45, 7) is 2.70. The second kappa shape index (κ2) is 11.6. The Bertz CT molecular complexity index is 1170. The third-order valence-corrected chi connectivity index (χ3v) is 7.24. The van der Waals surface area contributed by atoms with Gasteiger partial charge in [0.1, 0.15) is 19.3 Å². The molecule has 35 heavy (non-hydrogen) atoms. The second-order valence-electron chi connectivity index (χ2n) is 8.17. The van der Waals surface area contributed by atoms with Crippen LogP contribution in [0.15, 0.2) is 42.5 Å². The minimum absolute atomic E-state index is 0.0440. The van der Waals surface area contributed by atoms with E-state index in [0.717, 1.165) is 6.26 Å². The number of ether oxygens (including phenoxy) is 2. The predicted octanol–water partition coefficient (Wildman–Crippen LogP) is 2.82. The molecule has 2 aromatic rings. The van der Waals surface area contributed by atoms with Gasteiger partial charge in [0, 0.05) is 37.6 Å². The van der Waals surface area contributed by atoms with Crippen LogP contribution in [0.1, 0.15) is 25.3 Å². The van der Waals surface area contributed by atoms with Crippen molar-refractivity contribution >= 4 is 39.1 Å². The SMILES string of the molecule is CNC(=O)[C@@H](C)N(Cc1ccccc1Cl)C(=O)CCCN(c1ccc2c(c1)OCCO2)S(C)(=O)=O. The van der Waals surface area contributed by atoms with Gasteiger partial charge in [-0.15, -0.1) is 0 Å². The molecule has 0 aliphatic carbocycles. The van der Waals surface area contributed by atoms with Crippen LogP contribution < -0.4 is 19.1 Å². The number of nitrogens with zero attached hydrogens (tertiary/aromatic N) is 2. The fraction of sp³-hybridized carbons (Fsp3) is 0.417. The van der Waals surface area contributed by atoms with Crippen LogP contribution in [0, 0.1) is 0 Å². The maximum Gasteiger partial charge on any atom is 0.242 e. The van der Waals surface area contributed by atoms with E-state index >= 15 is 0 Å². The molecule has 0 unspecified atom stereocenters. The third-order valence-electron chi connectivity index (χ3n) is 5.68. The van der Waals surface area contributed by atoms with Crippen LogP contribution in [0.5, 0.6) is 11.5 Å². The van der Waals surface area contributed by atoms with E-state index in [4.69, 9.17) is 21.1 Å². The zero-order chi connectivity index (χ0) is 25.6. The van der Waals surface area contributed by atoms with E-state index in [1.54, 1.807) is 43.3 Å². The van der Waals surface area contributed by atoms with Crippen molar-refractivity contribution in [1.82, 2.24) is 10.2 Å². The lowest BCUT2D eigenvalue weighted by atomic mass is 10.1. The number of hydrogen-bond acceptors (Lipinski definition) is 6. The molecule has 1 heterocycles. The van der Waals surface area contributed by atoms with Crippen LogP contribution in [0.2, 0.25) is 5.02 Å². The summed E-state index contributed by atoms with van der Waals surface area (Å²) in [4.78, 5) is 26.9. The molecular weight excluding hydrogens is 494 g/mol. The molecule has 0 bridgehead atoms. The molecule has 0 radical (unpaired) electrons. The molecular formula is C24H30ClN3O6S. The maximum atomic E-state index is 13.2. The molecule has 0 aromatic heterocycles. The normalized spacial score (nSPS) is 13.6. The average molecular weight is 524 g/mol. The van der Waals surface area contributed by atoms with Crippen LogP contribution in [0.25, 0.3) is 0 Å². The molecule has 1 aliphatic rings. The lowest BCUT2D eigenvalue weighted by Gasteiger charge is -2.29. The van der Waals surface area contributed by atoms with Gasteiger partial charge in [0.2, 0.25) is 21.8 Å². The Kier molecular flexibility index (Phi) is 8.85. The minimum atomic E-state index is -3.62. The Labute approximate surface area is 211 Å². The molecule has 1 N–H and O–H groups in total. The number of amides is 2. The highest BCUT2D eigenvalue weighted by molar-refractivity contribution is 7.92. The van der Waals surface area contributed by atoms with Crippen molar-refractivity contribution < 1.29 is 27.5 Å². The lowest BCUT2D eigenvalue weighted by Crippen LogP contribution is -2.46. The molecule has 190 valence electrons. The highest BCUT2D eigenvalue weighted by Crippen LogP contribution is 2.34. The lowest BCUT2D eigenvalue weighted by molar-refractivity contribution is -0.140. The van der Waals surface area contributed by atoms with Crippen LogP contribution in [0.3, 0.4) is 0 Å².